The minimum atomic E-state index is -0.569. The van der Waals surface area contributed by atoms with Crippen LogP contribution in [-0.4, -0.2) is 17.6 Å². The van der Waals surface area contributed by atoms with Crippen LogP contribution < -0.4 is 14.8 Å². The predicted octanol–water partition coefficient (Wildman–Crippen LogP) is 4.43. The summed E-state index contributed by atoms with van der Waals surface area (Å²) in [7, 11) is 0. The van der Waals surface area contributed by atoms with Gasteiger partial charge in [-0.3, -0.25) is 4.79 Å². The van der Waals surface area contributed by atoms with E-state index in [9.17, 15) is 4.79 Å². The van der Waals surface area contributed by atoms with Gasteiger partial charge in [0.15, 0.2) is 6.10 Å². The van der Waals surface area contributed by atoms with Gasteiger partial charge in [-0.25, -0.2) is 0 Å². The minimum absolute atomic E-state index is 0.0880. The molecule has 0 spiro atoms. The highest BCUT2D eigenvalue weighted by Crippen LogP contribution is 2.39. The molecular weight excluding hydrogens is 326 g/mol. The third-order valence-electron chi connectivity index (χ3n) is 4.72. The van der Waals surface area contributed by atoms with Gasteiger partial charge in [-0.05, 0) is 44.9 Å². The molecule has 0 aromatic heterocycles. The van der Waals surface area contributed by atoms with Gasteiger partial charge >= 0.3 is 0 Å². The van der Waals surface area contributed by atoms with Crippen LogP contribution in [-0.2, 0) is 11.2 Å². The third kappa shape index (κ3) is 4.01. The number of rotatable bonds is 5. The highest BCUT2D eigenvalue weighted by molar-refractivity contribution is 5.81. The molecule has 3 rings (SSSR count). The van der Waals surface area contributed by atoms with Gasteiger partial charge < -0.3 is 14.8 Å². The van der Waals surface area contributed by atoms with E-state index in [-0.39, 0.29) is 17.6 Å². The van der Waals surface area contributed by atoms with Crippen molar-refractivity contribution in [1.29, 1.82) is 0 Å². The number of nitrogens with one attached hydrogen (secondary N) is 1. The lowest BCUT2D eigenvalue weighted by molar-refractivity contribution is -0.128. The monoisotopic (exact) mass is 353 g/mol. The van der Waals surface area contributed by atoms with Gasteiger partial charge in [-0.1, -0.05) is 43.3 Å². The van der Waals surface area contributed by atoms with Crippen molar-refractivity contribution in [3.8, 4) is 11.5 Å². The molecule has 0 bridgehead atoms. The molecule has 1 aliphatic rings. The van der Waals surface area contributed by atoms with Gasteiger partial charge in [-0.15, -0.1) is 0 Å². The van der Waals surface area contributed by atoms with E-state index in [1.54, 1.807) is 6.92 Å². The number of hydrogen-bond acceptors (Lipinski definition) is 3. The lowest BCUT2D eigenvalue weighted by Gasteiger charge is -2.38. The van der Waals surface area contributed by atoms with Crippen LogP contribution >= 0.6 is 0 Å². The van der Waals surface area contributed by atoms with Crippen molar-refractivity contribution in [1.82, 2.24) is 5.32 Å². The number of fused-ring (bicyclic) bond motifs is 1. The number of para-hydroxylation sites is 2. The maximum Gasteiger partial charge on any atom is 0.261 e. The lowest BCUT2D eigenvalue weighted by Crippen LogP contribution is -2.44. The first-order valence-electron chi connectivity index (χ1n) is 9.22. The average Bonchev–Trinajstić information content (AvgIpc) is 2.61. The zero-order valence-electron chi connectivity index (χ0n) is 15.9. The zero-order valence-corrected chi connectivity index (χ0v) is 15.9. The van der Waals surface area contributed by atoms with E-state index < -0.39 is 6.10 Å². The summed E-state index contributed by atoms with van der Waals surface area (Å²) in [5.41, 5.74) is 1.79. The van der Waals surface area contributed by atoms with E-state index >= 15 is 0 Å². The summed E-state index contributed by atoms with van der Waals surface area (Å²) >= 11 is 0. The highest BCUT2D eigenvalue weighted by atomic mass is 16.5. The largest absolute Gasteiger partial charge is 0.487 e. The van der Waals surface area contributed by atoms with E-state index in [1.165, 1.54) is 0 Å². The lowest BCUT2D eigenvalue weighted by atomic mass is 9.89. The van der Waals surface area contributed by atoms with Crippen molar-refractivity contribution in [2.45, 2.75) is 58.3 Å². The van der Waals surface area contributed by atoms with E-state index in [2.05, 4.69) is 12.2 Å². The van der Waals surface area contributed by atoms with Gasteiger partial charge in [0.25, 0.3) is 5.91 Å². The maximum absolute atomic E-state index is 12.8. The fourth-order valence-corrected chi connectivity index (χ4v) is 3.37. The van der Waals surface area contributed by atoms with Crippen LogP contribution in [0, 0.1) is 0 Å². The van der Waals surface area contributed by atoms with E-state index in [1.807, 2.05) is 62.4 Å². The van der Waals surface area contributed by atoms with E-state index in [0.717, 1.165) is 29.0 Å². The Kier molecular flexibility index (Phi) is 5.21. The number of carbonyl (C=O) groups is 1. The van der Waals surface area contributed by atoms with Crippen LogP contribution in [0.3, 0.4) is 0 Å². The van der Waals surface area contributed by atoms with Gasteiger partial charge in [0.1, 0.15) is 17.1 Å². The number of benzene rings is 2. The SMILES string of the molecule is CCc1ccccc1OC(C)C(=O)NC1CC(C)(C)Oc2ccccc21. The molecule has 1 aliphatic heterocycles. The van der Waals surface area contributed by atoms with Crippen LogP contribution in [0.5, 0.6) is 11.5 Å². The summed E-state index contributed by atoms with van der Waals surface area (Å²) in [6.07, 6.45) is 1.01. The Hall–Kier alpha value is -2.49. The van der Waals surface area contributed by atoms with Crippen LogP contribution in [0.1, 0.15) is 51.3 Å². The molecule has 4 heteroatoms. The molecule has 2 atom stereocenters. The smallest absolute Gasteiger partial charge is 0.261 e. The zero-order chi connectivity index (χ0) is 18.7. The molecule has 2 unspecified atom stereocenters. The highest BCUT2D eigenvalue weighted by Gasteiger charge is 2.35. The van der Waals surface area contributed by atoms with Gasteiger partial charge in [-0.2, -0.15) is 0 Å². The topological polar surface area (TPSA) is 47.6 Å². The Morgan fingerprint density at radius 3 is 2.69 bits per heavy atom. The third-order valence-corrected chi connectivity index (χ3v) is 4.72. The molecule has 2 aromatic rings. The number of ether oxygens (including phenoxy) is 2. The quantitative estimate of drug-likeness (QED) is 0.865. The van der Waals surface area contributed by atoms with Crippen LogP contribution in [0.4, 0.5) is 0 Å². The second kappa shape index (κ2) is 7.40. The van der Waals surface area contributed by atoms with Crippen molar-refractivity contribution in [2.24, 2.45) is 0 Å². The minimum Gasteiger partial charge on any atom is -0.487 e. The van der Waals surface area contributed by atoms with Crippen LogP contribution in [0.25, 0.3) is 0 Å². The Bertz CT molecular complexity index is 784. The fraction of sp³-hybridized carbons (Fsp3) is 0.409. The molecule has 1 heterocycles. The second-order valence-electron chi connectivity index (χ2n) is 7.39. The molecule has 0 radical (unpaired) electrons. The summed E-state index contributed by atoms with van der Waals surface area (Å²) in [6, 6.07) is 15.6. The molecule has 138 valence electrons. The molecular formula is C22H27NO3. The van der Waals surface area contributed by atoms with Crippen LogP contribution in [0.2, 0.25) is 0 Å². The maximum atomic E-state index is 12.8. The summed E-state index contributed by atoms with van der Waals surface area (Å²) in [5, 5.41) is 3.14. The first-order valence-corrected chi connectivity index (χ1v) is 9.22. The van der Waals surface area contributed by atoms with E-state index in [0.29, 0.717) is 6.42 Å². The van der Waals surface area contributed by atoms with Crippen molar-refractivity contribution in [2.75, 3.05) is 0 Å². The average molecular weight is 353 g/mol. The van der Waals surface area contributed by atoms with Gasteiger partial charge in [0.05, 0.1) is 6.04 Å². The normalized spacial score (nSPS) is 19.0. The van der Waals surface area contributed by atoms with Gasteiger partial charge in [0, 0.05) is 12.0 Å². The van der Waals surface area contributed by atoms with E-state index in [4.69, 9.17) is 9.47 Å². The molecule has 4 nitrogen and oxygen atoms in total. The molecule has 0 saturated carbocycles. The van der Waals surface area contributed by atoms with Crippen LogP contribution in [0.15, 0.2) is 48.5 Å². The Morgan fingerprint density at radius 1 is 1.23 bits per heavy atom. The van der Waals surface area contributed by atoms with Crippen molar-refractivity contribution in [3.05, 3.63) is 59.7 Å². The number of aryl methyl sites for hydroxylation is 1. The molecule has 26 heavy (non-hydrogen) atoms. The second-order valence-corrected chi connectivity index (χ2v) is 7.39. The molecule has 1 N–H and O–H groups in total. The Morgan fingerprint density at radius 2 is 1.92 bits per heavy atom. The predicted molar refractivity (Wildman–Crippen MR) is 103 cm³/mol. The summed E-state index contributed by atoms with van der Waals surface area (Å²) < 4.78 is 12.0. The molecule has 0 aliphatic carbocycles. The van der Waals surface area contributed by atoms with Gasteiger partial charge in [0.2, 0.25) is 0 Å². The summed E-state index contributed by atoms with van der Waals surface area (Å²) in [4.78, 5) is 12.8. The van der Waals surface area contributed by atoms with Crippen molar-refractivity contribution in [3.63, 3.8) is 0 Å². The van der Waals surface area contributed by atoms with Crippen molar-refractivity contribution >= 4 is 5.91 Å². The first-order chi connectivity index (χ1) is 12.4. The Balaban J connectivity index is 1.73. The first kappa shape index (κ1) is 18.3. The molecule has 0 saturated heterocycles. The standard InChI is InChI=1S/C22H27NO3/c1-5-16-10-6-8-12-19(16)25-15(2)21(24)23-18-14-22(3,4)26-20-13-9-7-11-17(18)20/h6-13,15,18H,5,14H2,1-4H3,(H,23,24). The molecule has 0 fully saturated rings. The fourth-order valence-electron chi connectivity index (χ4n) is 3.37. The summed E-state index contributed by atoms with van der Waals surface area (Å²) in [6.45, 7) is 7.95. The molecule has 1 amide bonds. The number of hydrogen-bond donors (Lipinski definition) is 1. The molecule has 2 aromatic carbocycles. The Labute approximate surface area is 155 Å². The number of carbonyl (C=O) groups excluding carboxylic acids is 1. The number of amides is 1. The summed E-state index contributed by atoms with van der Waals surface area (Å²) in [5.74, 6) is 1.48. The van der Waals surface area contributed by atoms with Crippen molar-refractivity contribution < 1.29 is 14.3 Å².